The quantitative estimate of drug-likeness (QED) is 0.712. The average Bonchev–Trinajstić information content (AvgIpc) is 2.59. The molecule has 17 heavy (non-hydrogen) atoms. The zero-order valence-corrected chi connectivity index (χ0v) is 11.2. The molecule has 0 aromatic rings. The van der Waals surface area contributed by atoms with Gasteiger partial charge in [-0.05, 0) is 25.4 Å². The Morgan fingerprint density at radius 1 is 1.29 bits per heavy atom. The van der Waals surface area contributed by atoms with Gasteiger partial charge in [0.2, 0.25) is 0 Å². The molecule has 4 heteroatoms. The number of nitrogens with zero attached hydrogens (tertiary/aromatic N) is 1. The van der Waals surface area contributed by atoms with Crippen molar-refractivity contribution in [2.75, 3.05) is 39.3 Å². The van der Waals surface area contributed by atoms with E-state index in [9.17, 15) is 4.79 Å². The molecule has 0 aromatic carbocycles. The summed E-state index contributed by atoms with van der Waals surface area (Å²) in [7, 11) is 0. The molecule has 0 aliphatic carbocycles. The monoisotopic (exact) mass is 242 g/mol. The van der Waals surface area contributed by atoms with Gasteiger partial charge in [0, 0.05) is 13.1 Å². The molecule has 1 heterocycles. The summed E-state index contributed by atoms with van der Waals surface area (Å²) in [4.78, 5) is 13.9. The normalized spacial score (nSPS) is 18.1. The Balaban J connectivity index is 2.18. The zero-order valence-electron chi connectivity index (χ0n) is 11.2. The third-order valence-corrected chi connectivity index (χ3v) is 3.42. The van der Waals surface area contributed by atoms with Crippen molar-refractivity contribution in [3.05, 3.63) is 0 Å². The third kappa shape index (κ3) is 6.03. The maximum absolute atomic E-state index is 11.7. The second kappa shape index (κ2) is 8.48. The average molecular weight is 242 g/mol. The zero-order chi connectivity index (χ0) is 12.5. The first-order chi connectivity index (χ1) is 8.26. The summed E-state index contributed by atoms with van der Waals surface area (Å²) in [6.45, 7) is 9.27. The van der Waals surface area contributed by atoms with Crippen molar-refractivity contribution < 1.29 is 9.53 Å². The molecule has 0 unspecified atom stereocenters. The molecule has 0 radical (unpaired) electrons. The van der Waals surface area contributed by atoms with Gasteiger partial charge in [0.1, 0.15) is 0 Å². The summed E-state index contributed by atoms with van der Waals surface area (Å²) < 4.78 is 5.33. The van der Waals surface area contributed by atoms with E-state index in [1.807, 2.05) is 0 Å². The molecule has 1 aliphatic heterocycles. The van der Waals surface area contributed by atoms with Crippen LogP contribution in [0.3, 0.4) is 0 Å². The summed E-state index contributed by atoms with van der Waals surface area (Å²) >= 11 is 0. The fourth-order valence-corrected chi connectivity index (χ4v) is 2.02. The van der Waals surface area contributed by atoms with E-state index in [-0.39, 0.29) is 5.97 Å². The van der Waals surface area contributed by atoms with E-state index in [2.05, 4.69) is 24.1 Å². The van der Waals surface area contributed by atoms with Gasteiger partial charge >= 0.3 is 5.97 Å². The molecule has 1 aliphatic rings. The number of carbonyl (C=O) groups is 1. The molecule has 1 N–H and O–H groups in total. The van der Waals surface area contributed by atoms with E-state index in [0.29, 0.717) is 19.1 Å². The highest BCUT2D eigenvalue weighted by molar-refractivity contribution is 5.71. The van der Waals surface area contributed by atoms with Gasteiger partial charge in [-0.15, -0.1) is 0 Å². The SMILES string of the molecule is CCC(CC)COC(=O)CN1CCCNCC1. The van der Waals surface area contributed by atoms with Crippen LogP contribution in [0.15, 0.2) is 0 Å². The highest BCUT2D eigenvalue weighted by atomic mass is 16.5. The van der Waals surface area contributed by atoms with Crippen LogP contribution in [0.25, 0.3) is 0 Å². The van der Waals surface area contributed by atoms with Crippen molar-refractivity contribution in [1.82, 2.24) is 10.2 Å². The van der Waals surface area contributed by atoms with Crippen LogP contribution in [-0.4, -0.2) is 50.2 Å². The van der Waals surface area contributed by atoms with Crippen LogP contribution in [0.1, 0.15) is 33.1 Å². The largest absolute Gasteiger partial charge is 0.464 e. The first kappa shape index (κ1) is 14.5. The minimum Gasteiger partial charge on any atom is -0.464 e. The Hall–Kier alpha value is -0.610. The summed E-state index contributed by atoms with van der Waals surface area (Å²) in [5, 5.41) is 3.33. The van der Waals surface area contributed by atoms with Crippen LogP contribution in [0.5, 0.6) is 0 Å². The van der Waals surface area contributed by atoms with Gasteiger partial charge in [0.15, 0.2) is 0 Å². The molecule has 0 aromatic heterocycles. The minimum absolute atomic E-state index is 0.0706. The second-order valence-electron chi connectivity index (χ2n) is 4.75. The summed E-state index contributed by atoms with van der Waals surface area (Å²) in [6.07, 6.45) is 3.27. The van der Waals surface area contributed by atoms with Crippen LogP contribution in [0, 0.1) is 5.92 Å². The highest BCUT2D eigenvalue weighted by Gasteiger charge is 2.14. The van der Waals surface area contributed by atoms with Gasteiger partial charge in [-0.1, -0.05) is 26.7 Å². The van der Waals surface area contributed by atoms with Crippen molar-refractivity contribution in [1.29, 1.82) is 0 Å². The standard InChI is InChI=1S/C13H26N2O2/c1-3-12(4-2)11-17-13(16)10-15-8-5-6-14-7-9-15/h12,14H,3-11H2,1-2H3. The van der Waals surface area contributed by atoms with Crippen molar-refractivity contribution >= 4 is 5.97 Å². The second-order valence-corrected chi connectivity index (χ2v) is 4.75. The van der Waals surface area contributed by atoms with E-state index in [0.717, 1.165) is 45.4 Å². The van der Waals surface area contributed by atoms with E-state index in [1.165, 1.54) is 0 Å². The van der Waals surface area contributed by atoms with Crippen molar-refractivity contribution in [3.63, 3.8) is 0 Å². The molecule has 0 spiro atoms. The molecule has 1 fully saturated rings. The fourth-order valence-electron chi connectivity index (χ4n) is 2.02. The van der Waals surface area contributed by atoms with Crippen LogP contribution >= 0.6 is 0 Å². The maximum atomic E-state index is 11.7. The Kier molecular flexibility index (Phi) is 7.21. The van der Waals surface area contributed by atoms with E-state index in [4.69, 9.17) is 4.74 Å². The van der Waals surface area contributed by atoms with Gasteiger partial charge < -0.3 is 10.1 Å². The number of esters is 1. The lowest BCUT2D eigenvalue weighted by Gasteiger charge is -2.19. The van der Waals surface area contributed by atoms with Crippen molar-refractivity contribution in [2.45, 2.75) is 33.1 Å². The lowest BCUT2D eigenvalue weighted by Crippen LogP contribution is -2.34. The molecule has 0 atom stereocenters. The van der Waals surface area contributed by atoms with Crippen LogP contribution < -0.4 is 5.32 Å². The maximum Gasteiger partial charge on any atom is 0.320 e. The highest BCUT2D eigenvalue weighted by Crippen LogP contribution is 2.07. The van der Waals surface area contributed by atoms with Gasteiger partial charge in [0.25, 0.3) is 0 Å². The number of ether oxygens (including phenoxy) is 1. The molecular formula is C13H26N2O2. The summed E-state index contributed by atoms with van der Waals surface area (Å²) in [6, 6.07) is 0. The van der Waals surface area contributed by atoms with Gasteiger partial charge in [-0.3, -0.25) is 9.69 Å². The minimum atomic E-state index is -0.0706. The number of carbonyl (C=O) groups excluding carboxylic acids is 1. The molecule has 1 saturated heterocycles. The topological polar surface area (TPSA) is 41.6 Å². The molecule has 100 valence electrons. The lowest BCUT2D eigenvalue weighted by atomic mass is 10.1. The van der Waals surface area contributed by atoms with Crippen LogP contribution in [-0.2, 0) is 9.53 Å². The Morgan fingerprint density at radius 2 is 2.06 bits per heavy atom. The van der Waals surface area contributed by atoms with Crippen molar-refractivity contribution in [2.24, 2.45) is 5.92 Å². The smallest absolute Gasteiger partial charge is 0.320 e. The van der Waals surface area contributed by atoms with Gasteiger partial charge in [-0.2, -0.15) is 0 Å². The first-order valence-electron chi connectivity index (χ1n) is 6.85. The van der Waals surface area contributed by atoms with Gasteiger partial charge in [-0.25, -0.2) is 0 Å². The fraction of sp³-hybridized carbons (Fsp3) is 0.923. The molecular weight excluding hydrogens is 216 g/mol. The number of rotatable bonds is 6. The van der Waals surface area contributed by atoms with E-state index in [1.54, 1.807) is 0 Å². The van der Waals surface area contributed by atoms with Crippen LogP contribution in [0.2, 0.25) is 0 Å². The Morgan fingerprint density at radius 3 is 2.76 bits per heavy atom. The van der Waals surface area contributed by atoms with E-state index >= 15 is 0 Å². The molecule has 1 rings (SSSR count). The molecule has 0 amide bonds. The third-order valence-electron chi connectivity index (χ3n) is 3.42. The molecule has 4 nitrogen and oxygen atoms in total. The Bertz CT molecular complexity index is 209. The molecule has 0 saturated carbocycles. The predicted octanol–water partition coefficient (Wildman–Crippen LogP) is 1.26. The summed E-state index contributed by atoms with van der Waals surface area (Å²) in [5.41, 5.74) is 0. The molecule has 0 bridgehead atoms. The Labute approximate surface area is 105 Å². The predicted molar refractivity (Wildman–Crippen MR) is 69.0 cm³/mol. The first-order valence-corrected chi connectivity index (χ1v) is 6.85. The number of hydrogen-bond acceptors (Lipinski definition) is 4. The lowest BCUT2D eigenvalue weighted by molar-refractivity contribution is -0.146. The van der Waals surface area contributed by atoms with E-state index < -0.39 is 0 Å². The van der Waals surface area contributed by atoms with Crippen LogP contribution in [0.4, 0.5) is 0 Å². The number of hydrogen-bond donors (Lipinski definition) is 1. The van der Waals surface area contributed by atoms with Gasteiger partial charge in [0.05, 0.1) is 13.2 Å². The van der Waals surface area contributed by atoms with Crippen molar-refractivity contribution in [3.8, 4) is 0 Å². The summed E-state index contributed by atoms with van der Waals surface area (Å²) in [5.74, 6) is 0.448. The number of nitrogens with one attached hydrogen (secondary N) is 1.